The van der Waals surface area contributed by atoms with Crippen LogP contribution < -0.4 is 4.74 Å². The number of likely N-dealkylation sites (N-methyl/N-ethyl adjacent to an activating group) is 2. The largest absolute Gasteiger partial charge is 1.00 e. The SMILES string of the molecule is COc1cccc(CN(C)CCc2cn(-c3[c-]c(CN(C)CCc4c[nH]c5ccccc45)ccc3)c3cc[c-]cc23)c1.[Co+].[Co]. The summed E-state index contributed by atoms with van der Waals surface area (Å²) < 4.78 is 7.69. The number of nitrogens with one attached hydrogen (secondary N) is 1. The van der Waals surface area contributed by atoms with Gasteiger partial charge in [0.15, 0.2) is 0 Å². The number of H-pyrrole nitrogens is 1. The first-order valence-corrected chi connectivity index (χ1v) is 14.6. The molecule has 0 bridgehead atoms. The van der Waals surface area contributed by atoms with E-state index in [4.69, 9.17) is 4.74 Å². The summed E-state index contributed by atoms with van der Waals surface area (Å²) in [4.78, 5) is 8.14. The Labute approximate surface area is 281 Å². The number of hydrogen-bond acceptors (Lipinski definition) is 3. The number of para-hydroxylation sites is 1. The van der Waals surface area contributed by atoms with Gasteiger partial charge in [-0.05, 0) is 62.5 Å². The molecule has 0 aliphatic rings. The van der Waals surface area contributed by atoms with Crippen molar-refractivity contribution in [1.29, 1.82) is 0 Å². The fourth-order valence-corrected chi connectivity index (χ4v) is 5.81. The van der Waals surface area contributed by atoms with E-state index in [1.54, 1.807) is 7.11 Å². The molecular formula is C37H38Co2N4O-. The monoisotopic (exact) mass is 672 g/mol. The van der Waals surface area contributed by atoms with Crippen LogP contribution in [0.25, 0.3) is 27.5 Å². The Morgan fingerprint density at radius 2 is 1.61 bits per heavy atom. The number of methoxy groups -OCH3 is 1. The van der Waals surface area contributed by atoms with Crippen LogP contribution >= 0.6 is 0 Å². The van der Waals surface area contributed by atoms with Crippen LogP contribution in [-0.4, -0.2) is 53.6 Å². The number of aromatic nitrogens is 2. The number of fused-ring (bicyclic) bond motifs is 2. The third-order valence-electron chi connectivity index (χ3n) is 8.06. The van der Waals surface area contributed by atoms with E-state index < -0.39 is 0 Å². The molecule has 0 fully saturated rings. The molecule has 2 aromatic heterocycles. The second kappa shape index (κ2) is 15.6. The molecule has 0 saturated carbocycles. The predicted molar refractivity (Wildman–Crippen MR) is 172 cm³/mol. The van der Waals surface area contributed by atoms with E-state index in [-0.39, 0.29) is 33.6 Å². The van der Waals surface area contributed by atoms with Crippen LogP contribution in [0.2, 0.25) is 0 Å². The van der Waals surface area contributed by atoms with Gasteiger partial charge in [-0.3, -0.25) is 0 Å². The second-order valence-corrected chi connectivity index (χ2v) is 11.2. The molecule has 0 aliphatic heterocycles. The van der Waals surface area contributed by atoms with Gasteiger partial charge in [0.25, 0.3) is 0 Å². The molecule has 6 rings (SSSR count). The molecule has 0 atom stereocenters. The summed E-state index contributed by atoms with van der Waals surface area (Å²) in [7, 11) is 6.08. The van der Waals surface area contributed by atoms with Crippen molar-refractivity contribution in [2.24, 2.45) is 0 Å². The van der Waals surface area contributed by atoms with E-state index in [2.05, 4.69) is 131 Å². The summed E-state index contributed by atoms with van der Waals surface area (Å²) in [5, 5.41) is 2.57. The van der Waals surface area contributed by atoms with Gasteiger partial charge < -0.3 is 24.1 Å². The van der Waals surface area contributed by atoms with Gasteiger partial charge in [0.2, 0.25) is 0 Å². The quantitative estimate of drug-likeness (QED) is 0.142. The van der Waals surface area contributed by atoms with E-state index in [1.807, 2.05) is 12.1 Å². The maximum atomic E-state index is 5.40. The molecule has 0 aliphatic carbocycles. The first-order valence-electron chi connectivity index (χ1n) is 14.6. The summed E-state index contributed by atoms with van der Waals surface area (Å²) in [6.45, 7) is 3.67. The Morgan fingerprint density at radius 3 is 2.45 bits per heavy atom. The number of benzene rings is 4. The summed E-state index contributed by atoms with van der Waals surface area (Å²) >= 11 is 0. The van der Waals surface area contributed by atoms with Gasteiger partial charge >= 0.3 is 16.8 Å². The summed E-state index contributed by atoms with van der Waals surface area (Å²) in [6.07, 6.45) is 6.40. The molecule has 1 N–H and O–H groups in total. The van der Waals surface area contributed by atoms with Crippen LogP contribution in [0.3, 0.4) is 0 Å². The van der Waals surface area contributed by atoms with Gasteiger partial charge in [0.05, 0.1) is 7.11 Å². The minimum Gasteiger partial charge on any atom is -0.497 e. The molecular weight excluding hydrogens is 634 g/mol. The molecule has 5 nitrogen and oxygen atoms in total. The molecule has 1 radical (unpaired) electrons. The summed E-state index contributed by atoms with van der Waals surface area (Å²) in [5.41, 5.74) is 8.62. The average Bonchev–Trinajstić information content (AvgIpc) is 3.61. The zero-order chi connectivity index (χ0) is 28.9. The minimum absolute atomic E-state index is 0. The maximum absolute atomic E-state index is 5.40. The van der Waals surface area contributed by atoms with E-state index in [0.29, 0.717) is 0 Å². The zero-order valence-electron chi connectivity index (χ0n) is 25.4. The summed E-state index contributed by atoms with van der Waals surface area (Å²) in [6, 6.07) is 36.6. The van der Waals surface area contributed by atoms with Crippen LogP contribution in [0.1, 0.15) is 22.3 Å². The zero-order valence-corrected chi connectivity index (χ0v) is 27.5. The van der Waals surface area contributed by atoms with E-state index >= 15 is 0 Å². The van der Waals surface area contributed by atoms with Crippen LogP contribution in [0.4, 0.5) is 0 Å². The third kappa shape index (κ3) is 7.85. The number of aromatic amines is 1. The second-order valence-electron chi connectivity index (χ2n) is 11.2. The first kappa shape index (κ1) is 33.6. The van der Waals surface area contributed by atoms with Gasteiger partial charge in [-0.25, -0.2) is 0 Å². The molecule has 7 heteroatoms. The molecule has 0 unspecified atom stereocenters. The van der Waals surface area contributed by atoms with Crippen molar-refractivity contribution in [3.05, 3.63) is 132 Å². The van der Waals surface area contributed by atoms with Gasteiger partial charge in [0, 0.05) is 60.1 Å². The summed E-state index contributed by atoms with van der Waals surface area (Å²) in [5.74, 6) is 0.901. The molecule has 6 aromatic rings. The minimum atomic E-state index is 0. The van der Waals surface area contributed by atoms with E-state index in [9.17, 15) is 0 Å². The topological polar surface area (TPSA) is 36.4 Å². The van der Waals surface area contributed by atoms with Crippen molar-refractivity contribution in [3.63, 3.8) is 0 Å². The Kier molecular flexibility index (Phi) is 11.9. The Balaban J connectivity index is 0.00000221. The van der Waals surface area contributed by atoms with Gasteiger partial charge in [0.1, 0.15) is 5.75 Å². The van der Waals surface area contributed by atoms with Crippen molar-refractivity contribution in [2.75, 3.05) is 34.3 Å². The molecule has 44 heavy (non-hydrogen) atoms. The number of rotatable bonds is 12. The number of ether oxygens (including phenoxy) is 1. The van der Waals surface area contributed by atoms with Crippen molar-refractivity contribution in [2.45, 2.75) is 25.9 Å². The Morgan fingerprint density at radius 1 is 0.841 bits per heavy atom. The van der Waals surface area contributed by atoms with E-state index in [1.165, 1.54) is 44.1 Å². The Bertz CT molecular complexity index is 1790. The molecule has 0 saturated heterocycles. The van der Waals surface area contributed by atoms with Crippen LogP contribution in [0.15, 0.2) is 97.3 Å². The van der Waals surface area contributed by atoms with Crippen molar-refractivity contribution in [3.8, 4) is 11.4 Å². The normalized spacial score (nSPS) is 11.2. The third-order valence-corrected chi connectivity index (χ3v) is 8.06. The molecule has 0 amide bonds. The standard InChI is InChI=1S/C37H38N4O.2Co/c1-39(20-18-30-24-38-36-16-6-4-14-34(30)36)25-28-10-8-12-32(22-28)41-27-31(35-15-5-7-17-37(35)41)19-21-40(2)26-29-11-9-13-33(23-29)42-3;;/h4,6-17,23-24,27,38H,18-21,25-26H2,1-3H3;;/q-2;;+1. The smallest absolute Gasteiger partial charge is 0.497 e. The molecule has 2 heterocycles. The fourth-order valence-electron chi connectivity index (χ4n) is 5.81. The molecule has 0 spiro atoms. The van der Waals surface area contributed by atoms with Crippen molar-refractivity contribution < 1.29 is 38.3 Å². The molecule has 4 aromatic carbocycles. The van der Waals surface area contributed by atoms with Gasteiger partial charge in [-0.1, -0.05) is 47.1 Å². The molecule has 231 valence electrons. The first-order chi connectivity index (χ1) is 20.6. The maximum Gasteiger partial charge on any atom is 1.00 e. The van der Waals surface area contributed by atoms with Crippen LogP contribution in [0, 0.1) is 12.1 Å². The van der Waals surface area contributed by atoms with Crippen molar-refractivity contribution in [1.82, 2.24) is 19.4 Å². The van der Waals surface area contributed by atoms with Gasteiger partial charge in [-0.2, -0.15) is 36.4 Å². The van der Waals surface area contributed by atoms with E-state index in [0.717, 1.165) is 50.5 Å². The van der Waals surface area contributed by atoms with Crippen LogP contribution in [0.5, 0.6) is 5.75 Å². The Hall–Kier alpha value is -3.31. The number of hydrogen-bond donors (Lipinski definition) is 1. The average molecular weight is 673 g/mol. The van der Waals surface area contributed by atoms with Crippen molar-refractivity contribution >= 4 is 21.8 Å². The number of nitrogens with zero attached hydrogens (tertiary/aromatic N) is 3. The predicted octanol–water partition coefficient (Wildman–Crippen LogP) is 7.06. The van der Waals surface area contributed by atoms with Gasteiger partial charge in [-0.15, -0.1) is 23.1 Å². The fraction of sp³-hybridized carbons (Fsp3) is 0.243. The van der Waals surface area contributed by atoms with Crippen LogP contribution in [-0.2, 0) is 59.5 Å².